The Morgan fingerprint density at radius 2 is 1.84 bits per heavy atom. The number of aliphatic imine (C=N–C) groups is 2. The Morgan fingerprint density at radius 3 is 2.38 bits per heavy atom. The molecule has 0 fully saturated rings. The molecule has 0 aliphatic heterocycles. The Kier molecular flexibility index (Phi) is 8.29. The maximum atomic E-state index is 12.8. The highest BCUT2D eigenvalue weighted by Crippen LogP contribution is 2.34. The lowest BCUT2D eigenvalue weighted by atomic mass is 9.72. The molecular weight excluding hydrogens is 402 g/mol. The van der Waals surface area contributed by atoms with Crippen molar-refractivity contribution in [3.8, 4) is 16.9 Å². The molecule has 0 radical (unpaired) electrons. The standard InChI is InChI=1S/C25H33N5O2/c1-8-27-16-22(30(5)6)23(31)29-24(26)25(4,17(2)3)20-11-9-18(10-12-20)19-13-21(32-7)15-28-14-19/h8-17H,1-7H3,(H2,26,29,31)/b22-16-,27-8?. The summed E-state index contributed by atoms with van der Waals surface area (Å²) in [6.07, 6.45) is 6.57. The van der Waals surface area contributed by atoms with Crippen molar-refractivity contribution in [1.82, 2.24) is 9.88 Å². The number of carbonyl (C=O) groups is 1. The van der Waals surface area contributed by atoms with Crippen molar-refractivity contribution in [1.29, 1.82) is 0 Å². The molecule has 1 aromatic heterocycles. The zero-order valence-corrected chi connectivity index (χ0v) is 20.0. The van der Waals surface area contributed by atoms with Crippen molar-refractivity contribution in [2.45, 2.75) is 33.1 Å². The van der Waals surface area contributed by atoms with Crippen molar-refractivity contribution in [2.24, 2.45) is 21.6 Å². The molecule has 0 saturated heterocycles. The number of likely N-dealkylation sites (N-methyl/N-ethyl adjacent to an activating group) is 1. The number of pyridine rings is 1. The predicted molar refractivity (Wildman–Crippen MR) is 131 cm³/mol. The van der Waals surface area contributed by atoms with Crippen LogP contribution in [-0.4, -0.2) is 49.0 Å². The number of ether oxygens (including phenoxy) is 1. The molecule has 170 valence electrons. The molecule has 2 rings (SSSR count). The SMILES string of the molecule is CC=N/C=C(/C(=O)N=C(N)C(C)(c1ccc(-c2cncc(OC)c2)cc1)C(C)C)N(C)C. The molecule has 1 aromatic carbocycles. The van der Waals surface area contributed by atoms with Crippen LogP contribution in [0.2, 0.25) is 0 Å². The van der Waals surface area contributed by atoms with Crippen LogP contribution in [0.5, 0.6) is 5.75 Å². The summed E-state index contributed by atoms with van der Waals surface area (Å²) in [5, 5.41) is 0. The van der Waals surface area contributed by atoms with E-state index < -0.39 is 11.3 Å². The molecule has 2 N–H and O–H groups in total. The molecule has 1 amide bonds. The van der Waals surface area contributed by atoms with Gasteiger partial charge in [-0.25, -0.2) is 0 Å². The summed E-state index contributed by atoms with van der Waals surface area (Å²) < 4.78 is 5.27. The van der Waals surface area contributed by atoms with E-state index in [1.165, 1.54) is 6.20 Å². The fraction of sp³-hybridized carbons (Fsp3) is 0.360. The third-order valence-corrected chi connectivity index (χ3v) is 5.72. The first kappa shape index (κ1) is 24.8. The number of methoxy groups -OCH3 is 1. The molecule has 1 atom stereocenters. The summed E-state index contributed by atoms with van der Waals surface area (Å²) >= 11 is 0. The molecule has 0 aliphatic rings. The first-order valence-electron chi connectivity index (χ1n) is 10.5. The maximum Gasteiger partial charge on any atom is 0.296 e. The summed E-state index contributed by atoms with van der Waals surface area (Å²) in [7, 11) is 5.16. The average Bonchev–Trinajstić information content (AvgIpc) is 2.78. The van der Waals surface area contributed by atoms with Crippen LogP contribution in [0.4, 0.5) is 0 Å². The zero-order valence-electron chi connectivity index (χ0n) is 20.0. The normalized spacial score (nSPS) is 14.5. The van der Waals surface area contributed by atoms with Gasteiger partial charge in [-0.15, -0.1) is 0 Å². The van der Waals surface area contributed by atoms with Gasteiger partial charge in [-0.05, 0) is 37.0 Å². The van der Waals surface area contributed by atoms with Gasteiger partial charge in [-0.1, -0.05) is 38.1 Å². The lowest BCUT2D eigenvalue weighted by molar-refractivity contribution is -0.115. The van der Waals surface area contributed by atoms with Gasteiger partial charge in [-0.2, -0.15) is 4.99 Å². The van der Waals surface area contributed by atoms with Gasteiger partial charge in [0.2, 0.25) is 0 Å². The van der Waals surface area contributed by atoms with E-state index in [1.54, 1.807) is 51.6 Å². The summed E-state index contributed by atoms with van der Waals surface area (Å²) in [6, 6.07) is 10.0. The molecule has 0 spiro atoms. The van der Waals surface area contributed by atoms with Gasteiger partial charge < -0.3 is 15.4 Å². The monoisotopic (exact) mass is 435 g/mol. The summed E-state index contributed by atoms with van der Waals surface area (Å²) in [4.78, 5) is 27.1. The van der Waals surface area contributed by atoms with E-state index in [-0.39, 0.29) is 11.8 Å². The molecule has 1 heterocycles. The van der Waals surface area contributed by atoms with Gasteiger partial charge in [0.05, 0.1) is 24.9 Å². The molecule has 0 aliphatic carbocycles. The highest BCUT2D eigenvalue weighted by molar-refractivity contribution is 6.05. The molecular formula is C25H33N5O2. The van der Waals surface area contributed by atoms with Crippen LogP contribution in [0.1, 0.15) is 33.3 Å². The molecule has 2 aromatic rings. The third kappa shape index (κ3) is 5.41. The van der Waals surface area contributed by atoms with E-state index in [2.05, 4.69) is 28.8 Å². The van der Waals surface area contributed by atoms with E-state index in [4.69, 9.17) is 10.5 Å². The van der Waals surface area contributed by atoms with Gasteiger partial charge in [0.1, 0.15) is 17.3 Å². The van der Waals surface area contributed by atoms with Gasteiger partial charge >= 0.3 is 0 Å². The Morgan fingerprint density at radius 1 is 1.19 bits per heavy atom. The number of benzene rings is 1. The molecule has 32 heavy (non-hydrogen) atoms. The molecule has 0 bridgehead atoms. The van der Waals surface area contributed by atoms with Crippen LogP contribution in [0.3, 0.4) is 0 Å². The van der Waals surface area contributed by atoms with Gasteiger partial charge in [-0.3, -0.25) is 14.8 Å². The first-order chi connectivity index (χ1) is 15.1. The number of aromatic nitrogens is 1. The van der Waals surface area contributed by atoms with Crippen molar-refractivity contribution in [2.75, 3.05) is 21.2 Å². The third-order valence-electron chi connectivity index (χ3n) is 5.72. The van der Waals surface area contributed by atoms with Crippen LogP contribution in [0.15, 0.2) is 64.6 Å². The number of rotatable bonds is 8. The topological polar surface area (TPSA) is 93.2 Å². The minimum absolute atomic E-state index is 0.101. The fourth-order valence-corrected chi connectivity index (χ4v) is 3.26. The molecule has 7 nitrogen and oxygen atoms in total. The Labute approximate surface area is 190 Å². The Hall–Kier alpha value is -3.48. The van der Waals surface area contributed by atoms with Crippen molar-refractivity contribution >= 4 is 18.0 Å². The van der Waals surface area contributed by atoms with Crippen LogP contribution < -0.4 is 10.5 Å². The lowest BCUT2D eigenvalue weighted by Gasteiger charge is -2.34. The lowest BCUT2D eigenvalue weighted by Crippen LogP contribution is -2.44. The smallest absolute Gasteiger partial charge is 0.296 e. The fourth-order valence-electron chi connectivity index (χ4n) is 3.26. The second-order valence-corrected chi connectivity index (χ2v) is 8.17. The largest absolute Gasteiger partial charge is 0.495 e. The number of amides is 1. The molecule has 0 saturated carbocycles. The Balaban J connectivity index is 2.44. The van der Waals surface area contributed by atoms with E-state index in [0.29, 0.717) is 11.4 Å². The van der Waals surface area contributed by atoms with Crippen molar-refractivity contribution in [3.63, 3.8) is 0 Å². The highest BCUT2D eigenvalue weighted by atomic mass is 16.5. The van der Waals surface area contributed by atoms with Gasteiger partial charge in [0.25, 0.3) is 5.91 Å². The minimum Gasteiger partial charge on any atom is -0.495 e. The van der Waals surface area contributed by atoms with E-state index in [1.807, 2.05) is 37.3 Å². The van der Waals surface area contributed by atoms with Gasteiger partial charge in [0.15, 0.2) is 0 Å². The molecule has 7 heteroatoms. The van der Waals surface area contributed by atoms with Crippen molar-refractivity contribution < 1.29 is 9.53 Å². The number of carbonyl (C=O) groups excluding carboxylic acids is 1. The number of hydrogen-bond acceptors (Lipinski definition) is 5. The average molecular weight is 436 g/mol. The van der Waals surface area contributed by atoms with E-state index >= 15 is 0 Å². The van der Waals surface area contributed by atoms with Crippen LogP contribution in [-0.2, 0) is 10.2 Å². The minimum atomic E-state index is -0.633. The van der Waals surface area contributed by atoms with Gasteiger partial charge in [0, 0.05) is 32.1 Å². The highest BCUT2D eigenvalue weighted by Gasteiger charge is 2.35. The quantitative estimate of drug-likeness (QED) is 0.384. The number of nitrogens with two attached hydrogens (primary N) is 1. The number of hydrogen-bond donors (Lipinski definition) is 1. The van der Waals surface area contributed by atoms with Crippen LogP contribution in [0, 0.1) is 5.92 Å². The summed E-state index contributed by atoms with van der Waals surface area (Å²) in [5.74, 6) is 0.639. The molecule has 1 unspecified atom stereocenters. The Bertz CT molecular complexity index is 1020. The second-order valence-electron chi connectivity index (χ2n) is 8.17. The number of amidine groups is 1. The summed E-state index contributed by atoms with van der Waals surface area (Å²) in [6.45, 7) is 7.93. The van der Waals surface area contributed by atoms with Crippen LogP contribution >= 0.6 is 0 Å². The first-order valence-corrected chi connectivity index (χ1v) is 10.5. The van der Waals surface area contributed by atoms with Crippen LogP contribution in [0.25, 0.3) is 11.1 Å². The van der Waals surface area contributed by atoms with Crippen molar-refractivity contribution in [3.05, 3.63) is 60.2 Å². The van der Waals surface area contributed by atoms with E-state index in [9.17, 15) is 4.79 Å². The zero-order chi connectivity index (χ0) is 23.9. The second kappa shape index (κ2) is 10.7. The number of nitrogens with zero attached hydrogens (tertiary/aromatic N) is 4. The summed E-state index contributed by atoms with van der Waals surface area (Å²) in [5.41, 5.74) is 9.12. The van der Waals surface area contributed by atoms with E-state index in [0.717, 1.165) is 16.7 Å². The maximum absolute atomic E-state index is 12.8. The predicted octanol–water partition coefficient (Wildman–Crippen LogP) is 4.05.